The summed E-state index contributed by atoms with van der Waals surface area (Å²) in [5.74, 6) is 1.72. The molecule has 0 radical (unpaired) electrons. The predicted octanol–water partition coefficient (Wildman–Crippen LogP) is 1.69. The van der Waals surface area contributed by atoms with Crippen molar-refractivity contribution >= 4 is 5.97 Å². The molecule has 0 saturated heterocycles. The Bertz CT molecular complexity index is 441. The average Bonchev–Trinajstić information content (AvgIpc) is 2.98. The van der Waals surface area contributed by atoms with E-state index >= 15 is 0 Å². The molecule has 3 rings (SSSR count). The third kappa shape index (κ3) is 1.41. The van der Waals surface area contributed by atoms with Gasteiger partial charge in [0.15, 0.2) is 11.5 Å². The third-order valence-corrected chi connectivity index (χ3v) is 3.12. The summed E-state index contributed by atoms with van der Waals surface area (Å²) in [7, 11) is 1.43. The highest BCUT2D eigenvalue weighted by atomic mass is 16.7. The van der Waals surface area contributed by atoms with Crippen molar-refractivity contribution in [2.24, 2.45) is 5.92 Å². The number of carbonyl (C=O) groups excluding carboxylic acids is 1. The minimum Gasteiger partial charge on any atom is -0.469 e. The molecule has 1 aliphatic heterocycles. The van der Waals surface area contributed by atoms with Crippen molar-refractivity contribution in [3.05, 3.63) is 23.8 Å². The maximum atomic E-state index is 11.3. The molecule has 1 aliphatic carbocycles. The van der Waals surface area contributed by atoms with Crippen LogP contribution in [0.5, 0.6) is 11.5 Å². The number of hydrogen-bond acceptors (Lipinski definition) is 4. The number of methoxy groups -OCH3 is 1. The highest BCUT2D eigenvalue weighted by Crippen LogP contribution is 2.50. The van der Waals surface area contributed by atoms with Crippen LogP contribution < -0.4 is 9.47 Å². The molecule has 1 aromatic rings. The zero-order valence-corrected chi connectivity index (χ0v) is 8.93. The second-order valence-electron chi connectivity index (χ2n) is 4.08. The first-order valence-corrected chi connectivity index (χ1v) is 5.27. The molecule has 0 spiro atoms. The van der Waals surface area contributed by atoms with Crippen LogP contribution in [0.2, 0.25) is 0 Å². The molecule has 2 aliphatic rings. The summed E-state index contributed by atoms with van der Waals surface area (Å²) in [4.78, 5) is 11.3. The number of carbonyl (C=O) groups is 1. The van der Waals surface area contributed by atoms with Crippen LogP contribution in [-0.4, -0.2) is 19.9 Å². The maximum Gasteiger partial charge on any atom is 0.309 e. The largest absolute Gasteiger partial charge is 0.469 e. The molecule has 1 saturated carbocycles. The first kappa shape index (κ1) is 9.51. The number of rotatable bonds is 2. The Morgan fingerprint density at radius 1 is 1.38 bits per heavy atom. The van der Waals surface area contributed by atoms with Crippen LogP contribution in [0.1, 0.15) is 17.9 Å². The molecule has 2 atom stereocenters. The van der Waals surface area contributed by atoms with Crippen LogP contribution in [0.4, 0.5) is 0 Å². The number of benzene rings is 1. The summed E-state index contributed by atoms with van der Waals surface area (Å²) < 4.78 is 15.3. The van der Waals surface area contributed by atoms with Crippen molar-refractivity contribution in [3.63, 3.8) is 0 Å². The van der Waals surface area contributed by atoms with Crippen molar-refractivity contribution in [2.45, 2.75) is 12.3 Å². The van der Waals surface area contributed by atoms with Gasteiger partial charge in [-0.1, -0.05) is 6.07 Å². The Hall–Kier alpha value is -1.71. The molecule has 0 N–H and O–H groups in total. The van der Waals surface area contributed by atoms with Crippen LogP contribution in [0.25, 0.3) is 0 Å². The van der Waals surface area contributed by atoms with Gasteiger partial charge >= 0.3 is 5.97 Å². The third-order valence-electron chi connectivity index (χ3n) is 3.12. The van der Waals surface area contributed by atoms with E-state index in [0.717, 1.165) is 23.5 Å². The van der Waals surface area contributed by atoms with Gasteiger partial charge in [-0.15, -0.1) is 0 Å². The van der Waals surface area contributed by atoms with Gasteiger partial charge in [0.05, 0.1) is 13.0 Å². The predicted molar refractivity (Wildman–Crippen MR) is 55.4 cm³/mol. The number of fused-ring (bicyclic) bond motifs is 1. The van der Waals surface area contributed by atoms with Gasteiger partial charge in [0, 0.05) is 0 Å². The van der Waals surface area contributed by atoms with Crippen molar-refractivity contribution in [1.82, 2.24) is 0 Å². The second kappa shape index (κ2) is 3.40. The number of ether oxygens (including phenoxy) is 3. The molecule has 0 unspecified atom stereocenters. The Balaban J connectivity index is 1.80. The molecule has 1 heterocycles. The van der Waals surface area contributed by atoms with Crippen LogP contribution in [0.15, 0.2) is 18.2 Å². The summed E-state index contributed by atoms with van der Waals surface area (Å²) >= 11 is 0. The van der Waals surface area contributed by atoms with E-state index in [1.807, 2.05) is 18.2 Å². The monoisotopic (exact) mass is 220 g/mol. The van der Waals surface area contributed by atoms with E-state index in [1.54, 1.807) is 0 Å². The molecule has 4 nitrogen and oxygen atoms in total. The lowest BCUT2D eigenvalue weighted by molar-refractivity contribution is -0.142. The van der Waals surface area contributed by atoms with Crippen LogP contribution in [-0.2, 0) is 9.53 Å². The smallest absolute Gasteiger partial charge is 0.309 e. The Kier molecular flexibility index (Phi) is 2.02. The molecule has 0 aromatic heterocycles. The van der Waals surface area contributed by atoms with Gasteiger partial charge in [-0.2, -0.15) is 0 Å². The summed E-state index contributed by atoms with van der Waals surface area (Å²) in [6, 6.07) is 5.83. The molecule has 16 heavy (non-hydrogen) atoms. The van der Waals surface area contributed by atoms with Gasteiger partial charge in [0.1, 0.15) is 0 Å². The summed E-state index contributed by atoms with van der Waals surface area (Å²) in [6.07, 6.45) is 0.867. The first-order valence-electron chi connectivity index (χ1n) is 5.27. The number of hydrogen-bond donors (Lipinski definition) is 0. The lowest BCUT2D eigenvalue weighted by Crippen LogP contribution is -2.03. The van der Waals surface area contributed by atoms with E-state index in [4.69, 9.17) is 14.2 Å². The van der Waals surface area contributed by atoms with E-state index in [-0.39, 0.29) is 24.6 Å². The summed E-state index contributed by atoms with van der Waals surface area (Å²) in [5, 5.41) is 0. The average molecular weight is 220 g/mol. The second-order valence-corrected chi connectivity index (χ2v) is 4.08. The maximum absolute atomic E-state index is 11.3. The number of esters is 1. The van der Waals surface area contributed by atoms with Crippen molar-refractivity contribution in [1.29, 1.82) is 0 Å². The molecule has 1 fully saturated rings. The van der Waals surface area contributed by atoms with Crippen LogP contribution in [0.3, 0.4) is 0 Å². The molecular weight excluding hydrogens is 208 g/mol. The highest BCUT2D eigenvalue weighted by Gasteiger charge is 2.45. The van der Waals surface area contributed by atoms with Gasteiger partial charge < -0.3 is 14.2 Å². The lowest BCUT2D eigenvalue weighted by Gasteiger charge is -2.01. The standard InChI is InChI=1S/C12H12O4/c1-14-12(13)9-5-8(9)7-2-3-10-11(4-7)16-6-15-10/h2-4,8-9H,5-6H2,1H3/t8-,9+/m0/s1. The summed E-state index contributed by atoms with van der Waals surface area (Å²) in [6.45, 7) is 0.282. The van der Waals surface area contributed by atoms with E-state index < -0.39 is 0 Å². The Morgan fingerprint density at radius 2 is 2.19 bits per heavy atom. The minimum absolute atomic E-state index is 0.0189. The zero-order chi connectivity index (χ0) is 11.1. The fourth-order valence-electron chi connectivity index (χ4n) is 2.12. The molecule has 1 aromatic carbocycles. The van der Waals surface area contributed by atoms with Gasteiger partial charge in [0.2, 0.25) is 6.79 Å². The van der Waals surface area contributed by atoms with E-state index in [0.29, 0.717) is 0 Å². The lowest BCUT2D eigenvalue weighted by atomic mass is 10.1. The van der Waals surface area contributed by atoms with E-state index in [9.17, 15) is 4.79 Å². The quantitative estimate of drug-likeness (QED) is 0.711. The first-order chi connectivity index (χ1) is 7.79. The molecule has 0 bridgehead atoms. The molecule has 84 valence electrons. The molecular formula is C12H12O4. The van der Waals surface area contributed by atoms with Gasteiger partial charge in [-0.05, 0) is 30.0 Å². The molecule has 4 heteroatoms. The zero-order valence-electron chi connectivity index (χ0n) is 8.93. The van der Waals surface area contributed by atoms with E-state index in [2.05, 4.69) is 0 Å². The summed E-state index contributed by atoms with van der Waals surface area (Å²) in [5.41, 5.74) is 1.12. The fraction of sp³-hybridized carbons (Fsp3) is 0.417. The van der Waals surface area contributed by atoms with Gasteiger partial charge in [-0.25, -0.2) is 0 Å². The highest BCUT2D eigenvalue weighted by molar-refractivity contribution is 5.77. The van der Waals surface area contributed by atoms with Crippen molar-refractivity contribution in [2.75, 3.05) is 13.9 Å². The normalized spacial score (nSPS) is 25.3. The topological polar surface area (TPSA) is 44.8 Å². The van der Waals surface area contributed by atoms with Crippen molar-refractivity contribution < 1.29 is 19.0 Å². The Labute approximate surface area is 93.1 Å². The van der Waals surface area contributed by atoms with Crippen LogP contribution in [0, 0.1) is 5.92 Å². The fourth-order valence-corrected chi connectivity index (χ4v) is 2.12. The minimum atomic E-state index is -0.123. The van der Waals surface area contributed by atoms with Gasteiger partial charge in [-0.3, -0.25) is 4.79 Å². The van der Waals surface area contributed by atoms with Crippen molar-refractivity contribution in [3.8, 4) is 11.5 Å². The van der Waals surface area contributed by atoms with Crippen LogP contribution >= 0.6 is 0 Å². The SMILES string of the molecule is COC(=O)[C@@H]1C[C@H]1c1ccc2c(c1)OCO2. The van der Waals surface area contributed by atoms with Gasteiger partial charge in [0.25, 0.3) is 0 Å². The Morgan fingerprint density at radius 3 is 3.00 bits per heavy atom. The van der Waals surface area contributed by atoms with E-state index in [1.165, 1.54) is 7.11 Å². The molecule has 0 amide bonds.